The Hall–Kier alpha value is -1.53. The maximum absolute atomic E-state index is 11.6. The highest BCUT2D eigenvalue weighted by molar-refractivity contribution is 5.79. The Morgan fingerprint density at radius 3 is 3.11 bits per heavy atom. The summed E-state index contributed by atoms with van der Waals surface area (Å²) in [6.07, 6.45) is 3.52. The van der Waals surface area contributed by atoms with Crippen LogP contribution in [0.4, 0.5) is 4.79 Å². The molecule has 0 aromatic carbocycles. The van der Waals surface area contributed by atoms with Crippen LogP contribution in [0, 0.1) is 0 Å². The van der Waals surface area contributed by atoms with Gasteiger partial charge in [0.2, 0.25) is 0 Å². The van der Waals surface area contributed by atoms with Gasteiger partial charge in [-0.2, -0.15) is 0 Å². The van der Waals surface area contributed by atoms with Crippen LogP contribution in [0.3, 0.4) is 0 Å². The van der Waals surface area contributed by atoms with Crippen molar-refractivity contribution in [3.63, 3.8) is 0 Å². The molecule has 6 heteroatoms. The van der Waals surface area contributed by atoms with Gasteiger partial charge < -0.3 is 19.5 Å². The molecular weight excluding hydrogens is 236 g/mol. The van der Waals surface area contributed by atoms with Crippen LogP contribution in [0.25, 0.3) is 0 Å². The fourth-order valence-electron chi connectivity index (χ4n) is 1.68. The minimum atomic E-state index is -0.207. The lowest BCUT2D eigenvalue weighted by atomic mass is 10.3. The van der Waals surface area contributed by atoms with Crippen LogP contribution in [0.1, 0.15) is 6.92 Å². The molecule has 0 aromatic heterocycles. The van der Waals surface area contributed by atoms with Gasteiger partial charge in [0.15, 0.2) is 5.88 Å². The van der Waals surface area contributed by atoms with E-state index in [0.717, 1.165) is 5.70 Å². The molecule has 1 atom stereocenters. The normalized spacial score (nSPS) is 26.9. The van der Waals surface area contributed by atoms with Gasteiger partial charge in [0.1, 0.15) is 12.7 Å². The molecule has 1 fully saturated rings. The van der Waals surface area contributed by atoms with E-state index in [-0.39, 0.29) is 12.1 Å². The second-order valence-corrected chi connectivity index (χ2v) is 4.09. The molecule has 0 radical (unpaired) electrons. The fraction of sp³-hybridized carbons (Fsp3) is 0.583. The van der Waals surface area contributed by atoms with Crippen LogP contribution in [-0.2, 0) is 14.2 Å². The van der Waals surface area contributed by atoms with E-state index < -0.39 is 0 Å². The average molecular weight is 254 g/mol. The Morgan fingerprint density at radius 2 is 2.44 bits per heavy atom. The zero-order valence-electron chi connectivity index (χ0n) is 10.6. The number of hydrogen-bond donors (Lipinski definition) is 1. The summed E-state index contributed by atoms with van der Waals surface area (Å²) in [4.78, 5) is 13.0. The highest BCUT2D eigenvalue weighted by Crippen LogP contribution is 2.14. The van der Waals surface area contributed by atoms with Crippen molar-refractivity contribution >= 4 is 6.03 Å². The summed E-state index contributed by atoms with van der Waals surface area (Å²) in [6, 6.07) is -0.207. The summed E-state index contributed by atoms with van der Waals surface area (Å²) in [6.45, 7) is 3.97. The van der Waals surface area contributed by atoms with Gasteiger partial charge in [-0.3, -0.25) is 4.90 Å². The summed E-state index contributed by atoms with van der Waals surface area (Å²) in [5.74, 6) is 0.515. The number of rotatable bonds is 3. The lowest BCUT2D eigenvalue weighted by Gasteiger charge is -2.29. The van der Waals surface area contributed by atoms with Gasteiger partial charge in [-0.05, 0) is 6.92 Å². The quantitative estimate of drug-likeness (QED) is 0.810. The maximum atomic E-state index is 11.6. The van der Waals surface area contributed by atoms with Crippen LogP contribution >= 0.6 is 0 Å². The fourth-order valence-corrected chi connectivity index (χ4v) is 1.68. The summed E-state index contributed by atoms with van der Waals surface area (Å²) in [5, 5.41) is 2.72. The molecule has 0 saturated carbocycles. The minimum Gasteiger partial charge on any atom is -0.476 e. The molecule has 1 saturated heterocycles. The summed E-state index contributed by atoms with van der Waals surface area (Å²) >= 11 is 0. The molecule has 2 rings (SSSR count). The van der Waals surface area contributed by atoms with E-state index in [1.165, 1.54) is 4.90 Å². The van der Waals surface area contributed by atoms with Crippen molar-refractivity contribution in [2.75, 3.05) is 33.5 Å². The van der Waals surface area contributed by atoms with E-state index in [9.17, 15) is 4.79 Å². The van der Waals surface area contributed by atoms with Gasteiger partial charge in [-0.1, -0.05) is 6.08 Å². The third kappa shape index (κ3) is 3.02. The summed E-state index contributed by atoms with van der Waals surface area (Å²) < 4.78 is 16.4. The van der Waals surface area contributed by atoms with Crippen molar-refractivity contribution in [2.24, 2.45) is 0 Å². The lowest BCUT2D eigenvalue weighted by molar-refractivity contribution is -0.111. The first-order valence-electron chi connectivity index (χ1n) is 5.95. The number of allylic oxidation sites excluding steroid dienone is 2. The minimum absolute atomic E-state index is 0.0768. The Bertz CT molecular complexity index is 372. The highest BCUT2D eigenvalue weighted by atomic mass is 16.6. The van der Waals surface area contributed by atoms with Gasteiger partial charge in [-0.25, -0.2) is 4.79 Å². The summed E-state index contributed by atoms with van der Waals surface area (Å²) in [5.41, 5.74) is 0.730. The van der Waals surface area contributed by atoms with Crippen LogP contribution < -0.4 is 5.32 Å². The number of nitrogens with zero attached hydrogens (tertiary/aromatic N) is 1. The molecule has 0 aliphatic carbocycles. The molecular formula is C12H18N2O4. The third-order valence-corrected chi connectivity index (χ3v) is 2.78. The highest BCUT2D eigenvalue weighted by Gasteiger charge is 2.23. The zero-order valence-corrected chi connectivity index (χ0v) is 10.6. The SMILES string of the molecule is C/C=C1/C=C(OCC2COCCO2)N(C)C(=O)N1. The van der Waals surface area contributed by atoms with E-state index in [1.807, 2.05) is 13.0 Å². The van der Waals surface area contributed by atoms with Gasteiger partial charge in [0, 0.05) is 18.8 Å². The molecule has 1 N–H and O–H groups in total. The Labute approximate surface area is 106 Å². The largest absolute Gasteiger partial charge is 0.476 e. The monoisotopic (exact) mass is 254 g/mol. The molecule has 2 heterocycles. The van der Waals surface area contributed by atoms with E-state index in [4.69, 9.17) is 14.2 Å². The Morgan fingerprint density at radius 1 is 1.61 bits per heavy atom. The van der Waals surface area contributed by atoms with Crippen molar-refractivity contribution < 1.29 is 19.0 Å². The van der Waals surface area contributed by atoms with Crippen molar-refractivity contribution in [3.8, 4) is 0 Å². The first kappa shape index (κ1) is 12.9. The van der Waals surface area contributed by atoms with E-state index in [2.05, 4.69) is 5.32 Å². The van der Waals surface area contributed by atoms with Crippen LogP contribution in [0.2, 0.25) is 0 Å². The number of ether oxygens (including phenoxy) is 3. The van der Waals surface area contributed by atoms with Crippen molar-refractivity contribution in [1.82, 2.24) is 10.2 Å². The predicted octanol–water partition coefficient (Wildman–Crippen LogP) is 0.819. The molecule has 0 aromatic rings. The molecule has 0 bridgehead atoms. The number of carbonyl (C=O) groups excluding carboxylic acids is 1. The Balaban J connectivity index is 1.93. The number of urea groups is 1. The van der Waals surface area contributed by atoms with E-state index in [0.29, 0.717) is 32.3 Å². The van der Waals surface area contributed by atoms with Crippen molar-refractivity contribution in [3.05, 3.63) is 23.7 Å². The first-order valence-corrected chi connectivity index (χ1v) is 5.95. The Kier molecular flexibility index (Phi) is 4.22. The maximum Gasteiger partial charge on any atom is 0.328 e. The standard InChI is InChI=1S/C12H18N2O4/c1-3-9-6-11(14(2)12(15)13-9)18-8-10-7-16-4-5-17-10/h3,6,10H,4-5,7-8H2,1-2H3,(H,13,15)/b9-3-. The number of nitrogens with one attached hydrogen (secondary N) is 1. The second-order valence-electron chi connectivity index (χ2n) is 4.09. The van der Waals surface area contributed by atoms with Crippen molar-refractivity contribution in [1.29, 1.82) is 0 Å². The topological polar surface area (TPSA) is 60.0 Å². The molecule has 6 nitrogen and oxygen atoms in total. The third-order valence-electron chi connectivity index (χ3n) is 2.78. The predicted molar refractivity (Wildman–Crippen MR) is 64.6 cm³/mol. The second kappa shape index (κ2) is 5.88. The molecule has 1 unspecified atom stereocenters. The molecule has 100 valence electrons. The molecule has 2 aliphatic rings. The van der Waals surface area contributed by atoms with Gasteiger partial charge in [0.25, 0.3) is 0 Å². The number of hydrogen-bond acceptors (Lipinski definition) is 4. The first-order chi connectivity index (χ1) is 8.70. The molecule has 0 spiro atoms. The zero-order chi connectivity index (χ0) is 13.0. The smallest absolute Gasteiger partial charge is 0.328 e. The van der Waals surface area contributed by atoms with Crippen LogP contribution in [0.15, 0.2) is 23.7 Å². The van der Waals surface area contributed by atoms with Gasteiger partial charge >= 0.3 is 6.03 Å². The van der Waals surface area contributed by atoms with Crippen LogP contribution in [-0.4, -0.2) is 50.5 Å². The molecule has 2 amide bonds. The average Bonchev–Trinajstić information content (AvgIpc) is 2.41. The van der Waals surface area contributed by atoms with E-state index in [1.54, 1.807) is 13.1 Å². The van der Waals surface area contributed by atoms with Crippen LogP contribution in [0.5, 0.6) is 0 Å². The van der Waals surface area contributed by atoms with Gasteiger partial charge in [0.05, 0.1) is 19.8 Å². The summed E-state index contributed by atoms with van der Waals surface area (Å²) in [7, 11) is 1.66. The van der Waals surface area contributed by atoms with Gasteiger partial charge in [-0.15, -0.1) is 0 Å². The number of carbonyl (C=O) groups is 1. The van der Waals surface area contributed by atoms with Crippen molar-refractivity contribution in [2.45, 2.75) is 13.0 Å². The van der Waals surface area contributed by atoms with E-state index >= 15 is 0 Å². The number of amides is 2. The lowest BCUT2D eigenvalue weighted by Crippen LogP contribution is -2.41. The molecule has 2 aliphatic heterocycles. The molecule has 18 heavy (non-hydrogen) atoms.